The van der Waals surface area contributed by atoms with E-state index in [4.69, 9.17) is 4.74 Å². The van der Waals surface area contributed by atoms with E-state index in [1.807, 2.05) is 50.2 Å². The van der Waals surface area contributed by atoms with Crippen LogP contribution in [0.15, 0.2) is 42.5 Å². The van der Waals surface area contributed by atoms with Gasteiger partial charge in [0.05, 0.1) is 19.1 Å². The van der Waals surface area contributed by atoms with Crippen molar-refractivity contribution in [2.75, 3.05) is 24.7 Å². The van der Waals surface area contributed by atoms with E-state index in [9.17, 15) is 13.2 Å². The van der Waals surface area contributed by atoms with Gasteiger partial charge in [0.15, 0.2) is 0 Å². The summed E-state index contributed by atoms with van der Waals surface area (Å²) < 4.78 is 31.7. The minimum absolute atomic E-state index is 0.294. The maximum Gasteiger partial charge on any atom is 0.246 e. The van der Waals surface area contributed by atoms with E-state index in [1.54, 1.807) is 27.1 Å². The topological polar surface area (TPSA) is 66.9 Å². The van der Waals surface area contributed by atoms with Crippen LogP contribution in [0.1, 0.15) is 23.6 Å². The number of benzene rings is 2. The molecule has 2 aromatic carbocycles. The number of anilines is 1. The molecule has 1 unspecified atom stereocenters. The second kappa shape index (κ2) is 8.65. The third kappa shape index (κ3) is 4.84. The van der Waals surface area contributed by atoms with Crippen LogP contribution in [-0.2, 0) is 21.4 Å². The molecule has 1 amide bonds. The second-order valence-electron chi connectivity index (χ2n) is 7.03. The van der Waals surface area contributed by atoms with Crippen molar-refractivity contribution in [1.29, 1.82) is 0 Å². The van der Waals surface area contributed by atoms with Crippen molar-refractivity contribution in [3.05, 3.63) is 59.2 Å². The van der Waals surface area contributed by atoms with Gasteiger partial charge in [-0.1, -0.05) is 30.3 Å². The van der Waals surface area contributed by atoms with Crippen LogP contribution < -0.4 is 9.04 Å². The van der Waals surface area contributed by atoms with E-state index in [1.165, 1.54) is 9.21 Å². The number of ether oxygens (including phenoxy) is 1. The number of para-hydroxylation sites is 1. The van der Waals surface area contributed by atoms with E-state index in [0.717, 1.165) is 22.9 Å². The quantitative estimate of drug-likeness (QED) is 0.711. The number of hydrogen-bond donors (Lipinski definition) is 0. The highest BCUT2D eigenvalue weighted by atomic mass is 32.2. The van der Waals surface area contributed by atoms with Gasteiger partial charge in [-0.25, -0.2) is 8.42 Å². The zero-order chi connectivity index (χ0) is 21.1. The lowest BCUT2D eigenvalue weighted by atomic mass is 10.1. The minimum atomic E-state index is -3.66. The van der Waals surface area contributed by atoms with Gasteiger partial charge in [-0.2, -0.15) is 0 Å². The van der Waals surface area contributed by atoms with Crippen molar-refractivity contribution in [3.8, 4) is 5.75 Å². The normalized spacial score (nSPS) is 12.4. The van der Waals surface area contributed by atoms with Crippen molar-refractivity contribution in [1.82, 2.24) is 4.90 Å². The number of nitrogens with zero attached hydrogens (tertiary/aromatic N) is 2. The lowest BCUT2D eigenvalue weighted by molar-refractivity contribution is -0.131. The molecule has 0 aliphatic rings. The molecule has 6 nitrogen and oxygen atoms in total. The lowest BCUT2D eigenvalue weighted by Crippen LogP contribution is -2.48. The first-order chi connectivity index (χ1) is 13.1. The van der Waals surface area contributed by atoms with Gasteiger partial charge in [-0.15, -0.1) is 0 Å². The Morgan fingerprint density at radius 2 is 1.79 bits per heavy atom. The van der Waals surface area contributed by atoms with Crippen LogP contribution in [0, 0.1) is 13.8 Å². The number of methoxy groups -OCH3 is 1. The number of carbonyl (C=O) groups excluding carboxylic acids is 1. The highest BCUT2D eigenvalue weighted by Gasteiger charge is 2.32. The van der Waals surface area contributed by atoms with E-state index in [-0.39, 0.29) is 5.91 Å². The SMILES string of the molecule is COc1ccccc1CN(C)C(=O)C(C)N(c1cc(C)ccc1C)S(C)(=O)=O. The molecule has 0 aliphatic heterocycles. The number of rotatable bonds is 7. The van der Waals surface area contributed by atoms with Crippen LogP contribution in [-0.4, -0.2) is 45.7 Å². The van der Waals surface area contributed by atoms with Crippen LogP contribution in [0.2, 0.25) is 0 Å². The first kappa shape index (κ1) is 21.8. The predicted molar refractivity (Wildman–Crippen MR) is 112 cm³/mol. The summed E-state index contributed by atoms with van der Waals surface area (Å²) in [6, 6.07) is 12.1. The number of carbonyl (C=O) groups is 1. The zero-order valence-electron chi connectivity index (χ0n) is 17.3. The molecule has 0 aliphatic carbocycles. The molecule has 0 bridgehead atoms. The molecule has 7 heteroatoms. The van der Waals surface area contributed by atoms with Crippen LogP contribution in [0.4, 0.5) is 5.69 Å². The average molecular weight is 405 g/mol. The molecular formula is C21H28N2O4S. The average Bonchev–Trinajstić information content (AvgIpc) is 2.63. The highest BCUT2D eigenvalue weighted by Crippen LogP contribution is 2.27. The summed E-state index contributed by atoms with van der Waals surface area (Å²) in [5.41, 5.74) is 3.10. The van der Waals surface area contributed by atoms with Gasteiger partial charge in [0.25, 0.3) is 0 Å². The Bertz CT molecular complexity index is 957. The lowest BCUT2D eigenvalue weighted by Gasteiger charge is -2.32. The molecule has 152 valence electrons. The Morgan fingerprint density at radius 3 is 2.39 bits per heavy atom. The molecule has 1 atom stereocenters. The molecule has 28 heavy (non-hydrogen) atoms. The molecular weight excluding hydrogens is 376 g/mol. The van der Waals surface area contributed by atoms with Gasteiger partial charge in [0.2, 0.25) is 15.9 Å². The molecule has 0 spiro atoms. The van der Waals surface area contributed by atoms with Gasteiger partial charge in [-0.3, -0.25) is 9.10 Å². The number of amides is 1. The van der Waals surface area contributed by atoms with E-state index in [0.29, 0.717) is 18.0 Å². The Kier molecular flexibility index (Phi) is 6.72. The van der Waals surface area contributed by atoms with E-state index < -0.39 is 16.1 Å². The summed E-state index contributed by atoms with van der Waals surface area (Å²) in [7, 11) is -0.419. The van der Waals surface area contributed by atoms with Gasteiger partial charge in [-0.05, 0) is 44.0 Å². The van der Waals surface area contributed by atoms with Crippen LogP contribution in [0.5, 0.6) is 5.75 Å². The summed E-state index contributed by atoms with van der Waals surface area (Å²) in [6.07, 6.45) is 1.12. The van der Waals surface area contributed by atoms with Gasteiger partial charge >= 0.3 is 0 Å². The largest absolute Gasteiger partial charge is 0.496 e. The van der Waals surface area contributed by atoms with Gasteiger partial charge < -0.3 is 9.64 Å². The maximum atomic E-state index is 13.1. The van der Waals surface area contributed by atoms with E-state index >= 15 is 0 Å². The molecule has 0 radical (unpaired) electrons. The molecule has 0 heterocycles. The van der Waals surface area contributed by atoms with Crippen molar-refractivity contribution in [2.24, 2.45) is 0 Å². The fourth-order valence-electron chi connectivity index (χ4n) is 3.22. The number of sulfonamides is 1. The first-order valence-electron chi connectivity index (χ1n) is 8.99. The summed E-state index contributed by atoms with van der Waals surface area (Å²) in [6.45, 7) is 5.66. The molecule has 2 aromatic rings. The maximum absolute atomic E-state index is 13.1. The fourth-order valence-corrected chi connectivity index (χ4v) is 4.44. The fraction of sp³-hybridized carbons (Fsp3) is 0.381. The molecule has 0 saturated heterocycles. The third-order valence-corrected chi connectivity index (χ3v) is 5.87. The molecule has 0 aromatic heterocycles. The summed E-state index contributed by atoms with van der Waals surface area (Å²) >= 11 is 0. The Morgan fingerprint density at radius 1 is 1.14 bits per heavy atom. The van der Waals surface area contributed by atoms with Gasteiger partial charge in [0, 0.05) is 19.2 Å². The summed E-state index contributed by atoms with van der Waals surface area (Å²) in [4.78, 5) is 14.6. The smallest absolute Gasteiger partial charge is 0.246 e. The Balaban J connectivity index is 2.35. The number of likely N-dealkylation sites (N-methyl/N-ethyl adjacent to an activating group) is 1. The standard InChI is InChI=1S/C21H28N2O4S/c1-15-11-12-16(2)19(13-15)23(28(6,25)26)17(3)21(24)22(4)14-18-9-7-8-10-20(18)27-5/h7-13,17H,14H2,1-6H3. The minimum Gasteiger partial charge on any atom is -0.496 e. The molecule has 0 saturated carbocycles. The summed E-state index contributed by atoms with van der Waals surface area (Å²) in [5.74, 6) is 0.390. The van der Waals surface area contributed by atoms with Crippen LogP contribution >= 0.6 is 0 Å². The third-order valence-electron chi connectivity index (χ3n) is 4.64. The highest BCUT2D eigenvalue weighted by molar-refractivity contribution is 7.92. The summed E-state index contributed by atoms with van der Waals surface area (Å²) in [5, 5.41) is 0. The van der Waals surface area contributed by atoms with Gasteiger partial charge in [0.1, 0.15) is 11.8 Å². The zero-order valence-corrected chi connectivity index (χ0v) is 18.1. The van der Waals surface area contributed by atoms with Crippen molar-refractivity contribution in [3.63, 3.8) is 0 Å². The molecule has 0 fully saturated rings. The molecule has 2 rings (SSSR count). The Labute approximate surface area is 167 Å². The van der Waals surface area contributed by atoms with E-state index in [2.05, 4.69) is 0 Å². The molecule has 0 N–H and O–H groups in total. The van der Waals surface area contributed by atoms with Crippen molar-refractivity contribution >= 4 is 21.6 Å². The predicted octanol–water partition coefficient (Wildman–Crippen LogP) is 3.13. The monoisotopic (exact) mass is 404 g/mol. The Hall–Kier alpha value is -2.54. The number of aryl methyl sites for hydroxylation is 2. The van der Waals surface area contributed by atoms with Crippen LogP contribution in [0.25, 0.3) is 0 Å². The number of hydrogen-bond acceptors (Lipinski definition) is 4. The second-order valence-corrected chi connectivity index (χ2v) is 8.89. The van der Waals surface area contributed by atoms with Crippen molar-refractivity contribution in [2.45, 2.75) is 33.4 Å². The first-order valence-corrected chi connectivity index (χ1v) is 10.8. The van der Waals surface area contributed by atoms with Crippen LogP contribution in [0.3, 0.4) is 0 Å². The van der Waals surface area contributed by atoms with Crippen molar-refractivity contribution < 1.29 is 17.9 Å².